The highest BCUT2D eigenvalue weighted by Crippen LogP contribution is 2.29. The van der Waals surface area contributed by atoms with E-state index >= 15 is 0 Å². The molecule has 0 aromatic heterocycles. The van der Waals surface area contributed by atoms with E-state index in [-0.39, 0.29) is 24.0 Å². The van der Waals surface area contributed by atoms with Crippen LogP contribution in [-0.4, -0.2) is 41.9 Å². The molecule has 6 nitrogen and oxygen atoms in total. The summed E-state index contributed by atoms with van der Waals surface area (Å²) in [5.74, 6) is -0.804. The fourth-order valence-corrected chi connectivity index (χ4v) is 3.11. The van der Waals surface area contributed by atoms with E-state index < -0.39 is 17.3 Å². The number of methoxy groups -OCH3 is 1. The number of nitrogens with two attached hydrogens (primary N) is 1. The van der Waals surface area contributed by atoms with E-state index in [4.69, 9.17) is 5.73 Å². The number of thioether (sulfide) groups is 1. The quantitative estimate of drug-likeness (QED) is 0.631. The average molecular weight is 308 g/mol. The van der Waals surface area contributed by atoms with Crippen molar-refractivity contribution in [2.75, 3.05) is 17.8 Å². The molecule has 1 unspecified atom stereocenters. The lowest BCUT2D eigenvalue weighted by Crippen LogP contribution is -2.35. The Morgan fingerprint density at radius 1 is 1.43 bits per heavy atom. The van der Waals surface area contributed by atoms with E-state index in [9.17, 15) is 14.4 Å². The Labute approximate surface area is 126 Å². The van der Waals surface area contributed by atoms with E-state index in [2.05, 4.69) is 4.74 Å². The van der Waals surface area contributed by atoms with Gasteiger partial charge in [-0.2, -0.15) is 0 Å². The van der Waals surface area contributed by atoms with Gasteiger partial charge in [0.2, 0.25) is 11.8 Å². The van der Waals surface area contributed by atoms with Crippen LogP contribution in [0.2, 0.25) is 0 Å². The molecule has 1 fully saturated rings. The van der Waals surface area contributed by atoms with Crippen LogP contribution in [0.1, 0.15) is 6.42 Å². The van der Waals surface area contributed by atoms with Crippen LogP contribution in [0.5, 0.6) is 0 Å². The van der Waals surface area contributed by atoms with E-state index in [1.165, 1.54) is 23.8 Å². The molecule has 2 atom stereocenters. The summed E-state index contributed by atoms with van der Waals surface area (Å²) in [6.45, 7) is 0. The van der Waals surface area contributed by atoms with Crippen LogP contribution >= 0.6 is 11.8 Å². The Morgan fingerprint density at radius 3 is 2.71 bits per heavy atom. The van der Waals surface area contributed by atoms with E-state index in [0.29, 0.717) is 5.69 Å². The van der Waals surface area contributed by atoms with Crippen molar-refractivity contribution < 1.29 is 19.1 Å². The highest BCUT2D eigenvalue weighted by Gasteiger charge is 2.40. The van der Waals surface area contributed by atoms with Crippen molar-refractivity contribution in [3.63, 3.8) is 0 Å². The fraction of sp³-hybridized carbons (Fsp3) is 0.357. The number of hydrogen-bond acceptors (Lipinski definition) is 6. The van der Waals surface area contributed by atoms with Crippen molar-refractivity contribution >= 4 is 35.2 Å². The summed E-state index contributed by atoms with van der Waals surface area (Å²) in [5.41, 5.74) is 6.19. The molecule has 1 saturated heterocycles. The zero-order valence-corrected chi connectivity index (χ0v) is 12.3. The van der Waals surface area contributed by atoms with Gasteiger partial charge in [0.15, 0.2) is 0 Å². The number of hydrogen-bond donors (Lipinski definition) is 1. The summed E-state index contributed by atoms with van der Waals surface area (Å²) < 4.78 is 4.53. The third kappa shape index (κ3) is 3.43. The number of anilines is 1. The largest absolute Gasteiger partial charge is 0.468 e. The van der Waals surface area contributed by atoms with Crippen LogP contribution in [0.15, 0.2) is 30.3 Å². The normalized spacial score (nSPS) is 19.7. The predicted molar refractivity (Wildman–Crippen MR) is 79.8 cm³/mol. The van der Waals surface area contributed by atoms with E-state index in [1.807, 2.05) is 6.07 Å². The molecule has 2 rings (SSSR count). The summed E-state index contributed by atoms with van der Waals surface area (Å²) in [6.07, 6.45) is 0.117. The molecule has 2 N–H and O–H groups in total. The van der Waals surface area contributed by atoms with E-state index in [0.717, 1.165) is 0 Å². The number of ether oxygens (including phenoxy) is 1. The number of esters is 1. The lowest BCUT2D eigenvalue weighted by Gasteiger charge is -2.15. The molecular formula is C14H16N2O4S. The topological polar surface area (TPSA) is 89.7 Å². The lowest BCUT2D eigenvalue weighted by atomic mass is 10.3. The molecule has 1 heterocycles. The first kappa shape index (κ1) is 15.5. The number of amides is 2. The molecule has 1 aliphatic heterocycles. The van der Waals surface area contributed by atoms with Gasteiger partial charge in [-0.25, -0.2) is 4.90 Å². The zero-order valence-electron chi connectivity index (χ0n) is 11.5. The molecule has 21 heavy (non-hydrogen) atoms. The number of nitrogens with zero attached hydrogens (tertiary/aromatic N) is 1. The Bertz CT molecular complexity index is 549. The molecule has 7 heteroatoms. The molecule has 112 valence electrons. The third-order valence-corrected chi connectivity index (χ3v) is 4.42. The van der Waals surface area contributed by atoms with Gasteiger partial charge < -0.3 is 10.5 Å². The number of carbonyl (C=O) groups is 3. The first-order valence-electron chi connectivity index (χ1n) is 6.41. The first-order valence-corrected chi connectivity index (χ1v) is 7.46. The molecule has 0 saturated carbocycles. The summed E-state index contributed by atoms with van der Waals surface area (Å²) >= 11 is 1.21. The van der Waals surface area contributed by atoms with Crippen LogP contribution in [-0.2, 0) is 19.1 Å². The summed E-state index contributed by atoms with van der Waals surface area (Å²) in [5, 5.41) is -0.506. The van der Waals surface area contributed by atoms with E-state index in [1.54, 1.807) is 24.3 Å². The molecule has 0 radical (unpaired) electrons. The molecule has 1 aliphatic rings. The molecule has 0 aliphatic carbocycles. The average Bonchev–Trinajstić information content (AvgIpc) is 2.79. The molecule has 1 aromatic carbocycles. The Hall–Kier alpha value is -1.86. The van der Waals surface area contributed by atoms with Gasteiger partial charge in [-0.1, -0.05) is 18.2 Å². The SMILES string of the molecule is COC(=O)[C@@H](N)CSC1CC(=O)N(c2ccccc2)C1=O. The Kier molecular flexibility index (Phi) is 4.98. The second kappa shape index (κ2) is 6.73. The summed E-state index contributed by atoms with van der Waals surface area (Å²) in [6, 6.07) is 7.98. The maximum Gasteiger partial charge on any atom is 0.323 e. The minimum atomic E-state index is -0.798. The van der Waals surface area contributed by atoms with Gasteiger partial charge >= 0.3 is 5.97 Å². The van der Waals surface area contributed by atoms with Gasteiger partial charge in [0.1, 0.15) is 6.04 Å². The maximum absolute atomic E-state index is 12.3. The first-order chi connectivity index (χ1) is 10.0. The smallest absolute Gasteiger partial charge is 0.323 e. The maximum atomic E-state index is 12.3. The van der Waals surface area contributed by atoms with Crippen molar-refractivity contribution in [3.8, 4) is 0 Å². The van der Waals surface area contributed by atoms with Crippen LogP contribution in [0.3, 0.4) is 0 Å². The van der Waals surface area contributed by atoms with Gasteiger partial charge in [-0.15, -0.1) is 11.8 Å². The monoisotopic (exact) mass is 308 g/mol. The summed E-state index contributed by atoms with van der Waals surface area (Å²) in [4.78, 5) is 36.7. The summed E-state index contributed by atoms with van der Waals surface area (Å²) in [7, 11) is 1.26. The fourth-order valence-electron chi connectivity index (χ4n) is 2.02. The Balaban J connectivity index is 2.00. The lowest BCUT2D eigenvalue weighted by molar-refractivity contribution is -0.141. The van der Waals surface area contributed by atoms with Crippen LogP contribution < -0.4 is 10.6 Å². The predicted octanol–water partition coefficient (Wildman–Crippen LogP) is 0.552. The standard InChI is InChI=1S/C14H16N2O4S/c1-20-14(19)10(15)8-21-11-7-12(17)16(13(11)18)9-5-3-2-4-6-9/h2-6,10-11H,7-8,15H2,1H3/t10-,11?/m0/s1. The Morgan fingerprint density at radius 2 is 2.10 bits per heavy atom. The van der Waals surface area contributed by atoms with Gasteiger partial charge in [-0.05, 0) is 12.1 Å². The molecule has 0 spiro atoms. The molecule has 2 amide bonds. The number of carbonyl (C=O) groups excluding carboxylic acids is 3. The van der Waals surface area contributed by atoms with Gasteiger partial charge in [0.25, 0.3) is 0 Å². The molecular weight excluding hydrogens is 292 g/mol. The van der Waals surface area contributed by atoms with Crippen molar-refractivity contribution in [2.45, 2.75) is 17.7 Å². The van der Waals surface area contributed by atoms with Crippen LogP contribution in [0.4, 0.5) is 5.69 Å². The minimum Gasteiger partial charge on any atom is -0.468 e. The van der Waals surface area contributed by atoms with Crippen molar-refractivity contribution in [1.82, 2.24) is 0 Å². The van der Waals surface area contributed by atoms with Crippen LogP contribution in [0, 0.1) is 0 Å². The van der Waals surface area contributed by atoms with Gasteiger partial charge in [-0.3, -0.25) is 14.4 Å². The van der Waals surface area contributed by atoms with Crippen molar-refractivity contribution in [3.05, 3.63) is 30.3 Å². The van der Waals surface area contributed by atoms with Gasteiger partial charge in [0.05, 0.1) is 18.0 Å². The molecule has 0 bridgehead atoms. The van der Waals surface area contributed by atoms with Crippen molar-refractivity contribution in [2.24, 2.45) is 5.73 Å². The highest BCUT2D eigenvalue weighted by molar-refractivity contribution is 8.00. The number of rotatable bonds is 5. The zero-order chi connectivity index (χ0) is 15.4. The van der Waals surface area contributed by atoms with Crippen molar-refractivity contribution in [1.29, 1.82) is 0 Å². The molecule has 1 aromatic rings. The number of benzene rings is 1. The minimum absolute atomic E-state index is 0.117. The second-order valence-electron chi connectivity index (χ2n) is 4.56. The third-order valence-electron chi connectivity index (χ3n) is 3.10. The number of para-hydroxylation sites is 1. The highest BCUT2D eigenvalue weighted by atomic mass is 32.2. The van der Waals surface area contributed by atoms with Crippen LogP contribution in [0.25, 0.3) is 0 Å². The second-order valence-corrected chi connectivity index (χ2v) is 5.79. The van der Waals surface area contributed by atoms with Gasteiger partial charge in [0, 0.05) is 12.2 Å². The number of imide groups is 1.